The topological polar surface area (TPSA) is 39.1 Å². The zero-order valence-electron chi connectivity index (χ0n) is 14.6. The van der Waals surface area contributed by atoms with E-state index in [0.717, 1.165) is 37.1 Å². The van der Waals surface area contributed by atoms with Gasteiger partial charge in [-0.15, -0.1) is 0 Å². The van der Waals surface area contributed by atoms with Gasteiger partial charge >= 0.3 is 0 Å². The smallest absolute Gasteiger partial charge is 0.131 e. The summed E-state index contributed by atoms with van der Waals surface area (Å²) in [6.45, 7) is 2.45. The maximum Gasteiger partial charge on any atom is 0.131 e. The molecule has 26 heavy (non-hydrogen) atoms. The largest absolute Gasteiger partial charge is 0.489 e. The monoisotopic (exact) mass is 351 g/mol. The molecule has 0 unspecified atom stereocenters. The molecular weight excluding hydrogens is 329 g/mol. The van der Waals surface area contributed by atoms with Gasteiger partial charge in [0.2, 0.25) is 0 Å². The molecule has 0 aliphatic carbocycles. The minimum Gasteiger partial charge on any atom is -0.489 e. The van der Waals surface area contributed by atoms with Gasteiger partial charge in [-0.3, -0.25) is 4.68 Å². The summed E-state index contributed by atoms with van der Waals surface area (Å²) in [5, 5.41) is 7.81. The molecule has 0 atom stereocenters. The molecule has 134 valence electrons. The molecule has 2 aromatic carbocycles. The fourth-order valence-electron chi connectivity index (χ4n) is 3.30. The third-order valence-electron chi connectivity index (χ3n) is 4.78. The van der Waals surface area contributed by atoms with Gasteiger partial charge in [0.25, 0.3) is 0 Å². The van der Waals surface area contributed by atoms with E-state index < -0.39 is 0 Å². The summed E-state index contributed by atoms with van der Waals surface area (Å²) in [6, 6.07) is 15.2. The first kappa shape index (κ1) is 16.8. The van der Waals surface area contributed by atoms with E-state index in [1.54, 1.807) is 18.3 Å². The molecule has 1 fully saturated rings. The van der Waals surface area contributed by atoms with Gasteiger partial charge in [0.15, 0.2) is 0 Å². The lowest BCUT2D eigenvalue weighted by molar-refractivity contribution is 0.306. The number of hydrogen-bond acceptors (Lipinski definition) is 3. The summed E-state index contributed by atoms with van der Waals surface area (Å²) >= 11 is 0. The number of benzene rings is 2. The van der Waals surface area contributed by atoms with Gasteiger partial charge in [0.05, 0.1) is 12.2 Å². The maximum absolute atomic E-state index is 14.4. The fraction of sp³-hybridized carbons (Fsp3) is 0.286. The van der Waals surface area contributed by atoms with E-state index in [0.29, 0.717) is 24.0 Å². The van der Waals surface area contributed by atoms with Crippen molar-refractivity contribution in [3.8, 4) is 16.9 Å². The molecule has 1 aliphatic rings. The van der Waals surface area contributed by atoms with E-state index in [1.165, 1.54) is 6.07 Å². The zero-order valence-corrected chi connectivity index (χ0v) is 14.6. The Kier molecular flexibility index (Phi) is 4.97. The molecule has 0 saturated carbocycles. The number of nitrogens with one attached hydrogen (secondary N) is 1. The first-order valence-corrected chi connectivity index (χ1v) is 9.01. The van der Waals surface area contributed by atoms with Crippen LogP contribution < -0.4 is 10.1 Å². The Hall–Kier alpha value is -2.66. The molecule has 5 heteroatoms. The minimum absolute atomic E-state index is 0.262. The Morgan fingerprint density at radius 1 is 1.12 bits per heavy atom. The number of nitrogens with zero attached hydrogens (tertiary/aromatic N) is 2. The van der Waals surface area contributed by atoms with Gasteiger partial charge in [-0.1, -0.05) is 30.3 Å². The van der Waals surface area contributed by atoms with Crippen molar-refractivity contribution in [2.75, 3.05) is 13.1 Å². The van der Waals surface area contributed by atoms with Gasteiger partial charge in [0.1, 0.15) is 18.2 Å². The van der Waals surface area contributed by atoms with Crippen LogP contribution in [-0.4, -0.2) is 22.9 Å². The lowest BCUT2D eigenvalue weighted by Gasteiger charge is -2.22. The molecule has 1 aliphatic heterocycles. The molecule has 0 radical (unpaired) electrons. The van der Waals surface area contributed by atoms with Crippen LogP contribution in [0.5, 0.6) is 5.75 Å². The molecule has 1 aromatic heterocycles. The van der Waals surface area contributed by atoms with Crippen LogP contribution in [0.15, 0.2) is 60.9 Å². The predicted molar refractivity (Wildman–Crippen MR) is 99.5 cm³/mol. The maximum atomic E-state index is 14.4. The number of rotatable bonds is 5. The molecular formula is C21H22FN3O. The summed E-state index contributed by atoms with van der Waals surface area (Å²) in [4.78, 5) is 0. The van der Waals surface area contributed by atoms with Crippen molar-refractivity contribution in [3.63, 3.8) is 0 Å². The first-order chi connectivity index (χ1) is 12.8. The average molecular weight is 351 g/mol. The van der Waals surface area contributed by atoms with E-state index in [9.17, 15) is 4.39 Å². The number of halogens is 1. The van der Waals surface area contributed by atoms with Crippen molar-refractivity contribution in [2.45, 2.75) is 25.5 Å². The number of aromatic nitrogens is 2. The summed E-state index contributed by atoms with van der Waals surface area (Å²) < 4.78 is 22.2. The number of piperidine rings is 1. The van der Waals surface area contributed by atoms with Gasteiger partial charge in [-0.25, -0.2) is 4.39 Å². The van der Waals surface area contributed by atoms with Crippen LogP contribution >= 0.6 is 0 Å². The molecule has 0 bridgehead atoms. The second-order valence-electron chi connectivity index (χ2n) is 6.61. The van der Waals surface area contributed by atoms with Crippen LogP contribution in [0.1, 0.15) is 24.4 Å². The Labute approximate surface area is 152 Å². The highest BCUT2D eigenvalue weighted by molar-refractivity contribution is 5.64. The Morgan fingerprint density at radius 2 is 1.92 bits per heavy atom. The highest BCUT2D eigenvalue weighted by Gasteiger charge is 2.17. The molecule has 4 nitrogen and oxygen atoms in total. The van der Waals surface area contributed by atoms with Crippen LogP contribution in [0, 0.1) is 5.82 Å². The Bertz CT molecular complexity index is 857. The summed E-state index contributed by atoms with van der Waals surface area (Å²) in [5.41, 5.74) is 2.39. The molecule has 0 spiro atoms. The molecule has 4 rings (SSSR count). The molecule has 1 N–H and O–H groups in total. The van der Waals surface area contributed by atoms with Gasteiger partial charge in [0, 0.05) is 17.3 Å². The molecule has 0 amide bonds. The number of hydrogen-bond donors (Lipinski definition) is 1. The zero-order chi connectivity index (χ0) is 17.8. The van der Waals surface area contributed by atoms with Gasteiger partial charge in [-0.2, -0.15) is 5.10 Å². The van der Waals surface area contributed by atoms with E-state index >= 15 is 0 Å². The van der Waals surface area contributed by atoms with Crippen LogP contribution in [0.25, 0.3) is 11.1 Å². The highest BCUT2D eigenvalue weighted by Crippen LogP contribution is 2.29. The number of ether oxygens (including phenoxy) is 1. The lowest BCUT2D eigenvalue weighted by atomic mass is 10.1. The van der Waals surface area contributed by atoms with Crippen molar-refractivity contribution < 1.29 is 9.13 Å². The van der Waals surface area contributed by atoms with E-state index in [1.807, 2.05) is 41.2 Å². The SMILES string of the molecule is Fc1ccc(OCc2ccccc2)cc1-c1cnn(C2CCNCC2)c1. The standard InChI is InChI=1S/C21H22FN3O/c22-21-7-6-19(26-15-16-4-2-1-3-5-16)12-20(21)17-13-24-25(14-17)18-8-10-23-11-9-18/h1-7,12-14,18,23H,8-11,15H2. The molecule has 2 heterocycles. The summed E-state index contributed by atoms with van der Waals surface area (Å²) in [5.74, 6) is 0.391. The summed E-state index contributed by atoms with van der Waals surface area (Å²) in [6.07, 6.45) is 5.77. The van der Waals surface area contributed by atoms with Crippen LogP contribution in [-0.2, 0) is 6.61 Å². The normalized spacial score (nSPS) is 15.1. The van der Waals surface area contributed by atoms with Crippen LogP contribution in [0.3, 0.4) is 0 Å². The van der Waals surface area contributed by atoms with Crippen molar-refractivity contribution in [1.82, 2.24) is 15.1 Å². The lowest BCUT2D eigenvalue weighted by Crippen LogP contribution is -2.29. The Morgan fingerprint density at radius 3 is 2.73 bits per heavy atom. The predicted octanol–water partition coefficient (Wildman–Crippen LogP) is 4.19. The quantitative estimate of drug-likeness (QED) is 0.749. The van der Waals surface area contributed by atoms with Crippen molar-refractivity contribution in [2.24, 2.45) is 0 Å². The third kappa shape index (κ3) is 3.78. The van der Waals surface area contributed by atoms with Crippen LogP contribution in [0.2, 0.25) is 0 Å². The van der Waals surface area contributed by atoms with Crippen molar-refractivity contribution >= 4 is 0 Å². The van der Waals surface area contributed by atoms with E-state index in [4.69, 9.17) is 4.74 Å². The Balaban J connectivity index is 1.52. The minimum atomic E-state index is -0.262. The highest BCUT2D eigenvalue weighted by atomic mass is 19.1. The van der Waals surface area contributed by atoms with Gasteiger partial charge < -0.3 is 10.1 Å². The third-order valence-corrected chi connectivity index (χ3v) is 4.78. The second kappa shape index (κ2) is 7.70. The fourth-order valence-corrected chi connectivity index (χ4v) is 3.30. The van der Waals surface area contributed by atoms with E-state index in [-0.39, 0.29) is 5.82 Å². The second-order valence-corrected chi connectivity index (χ2v) is 6.61. The van der Waals surface area contributed by atoms with Crippen molar-refractivity contribution in [3.05, 3.63) is 72.3 Å². The van der Waals surface area contributed by atoms with E-state index in [2.05, 4.69) is 10.4 Å². The first-order valence-electron chi connectivity index (χ1n) is 9.01. The van der Waals surface area contributed by atoms with Gasteiger partial charge in [-0.05, 0) is 49.7 Å². The average Bonchev–Trinajstić information content (AvgIpc) is 3.19. The van der Waals surface area contributed by atoms with Crippen LogP contribution in [0.4, 0.5) is 4.39 Å². The van der Waals surface area contributed by atoms with Crippen molar-refractivity contribution in [1.29, 1.82) is 0 Å². The molecule has 1 saturated heterocycles. The summed E-state index contributed by atoms with van der Waals surface area (Å²) in [7, 11) is 0. The molecule has 3 aromatic rings.